The molecule has 0 aliphatic heterocycles. The summed E-state index contributed by atoms with van der Waals surface area (Å²) in [5.74, 6) is -2.18. The summed E-state index contributed by atoms with van der Waals surface area (Å²) >= 11 is 0. The first kappa shape index (κ1) is 12.8. The Kier molecular flexibility index (Phi) is 5.09. The molecule has 0 bridgehead atoms. The number of aromatic carboxylic acids is 1. The van der Waals surface area contributed by atoms with E-state index in [1.165, 1.54) is 18.2 Å². The van der Waals surface area contributed by atoms with Crippen LogP contribution in [0.4, 0.5) is 0 Å². The summed E-state index contributed by atoms with van der Waals surface area (Å²) in [6.45, 7) is 0. The maximum atomic E-state index is 10.6. The van der Waals surface area contributed by atoms with Crippen molar-refractivity contribution in [2.45, 2.75) is 6.42 Å². The van der Waals surface area contributed by atoms with Crippen LogP contribution in [-0.2, 0) is 32.3 Å². The Morgan fingerprint density at radius 1 is 1.36 bits per heavy atom. The molecule has 1 aromatic carbocycles. The van der Waals surface area contributed by atoms with Gasteiger partial charge in [0, 0.05) is 27.5 Å². The fraction of sp³-hybridized carbons (Fsp3) is 0.111. The normalized spacial score (nSPS) is 8.86. The average Bonchev–Trinajstić information content (AvgIpc) is 2.03. The van der Waals surface area contributed by atoms with E-state index in [4.69, 9.17) is 10.2 Å². The van der Waals surface area contributed by atoms with Crippen LogP contribution in [0.15, 0.2) is 18.2 Å². The number of hydrogen-bond acceptors (Lipinski definition) is 2. The Labute approximate surface area is 94.8 Å². The monoisotopic (exact) mass is 363 g/mol. The van der Waals surface area contributed by atoms with Gasteiger partial charge in [0.2, 0.25) is 0 Å². The van der Waals surface area contributed by atoms with Crippen LogP contribution in [0.5, 0.6) is 0 Å². The largest absolute Gasteiger partial charge is 0.487 e. The van der Waals surface area contributed by atoms with E-state index in [9.17, 15) is 9.59 Å². The Morgan fingerprint density at radius 2 is 2.00 bits per heavy atom. The van der Waals surface area contributed by atoms with Gasteiger partial charge < -0.3 is 10.2 Å². The Bertz CT molecular complexity index is 348. The Morgan fingerprint density at radius 3 is 2.50 bits per heavy atom. The summed E-state index contributed by atoms with van der Waals surface area (Å²) in [4.78, 5) is 20.9. The van der Waals surface area contributed by atoms with Gasteiger partial charge in [-0.15, -0.1) is 5.56 Å². The maximum absolute atomic E-state index is 10.6. The van der Waals surface area contributed by atoms with E-state index in [2.05, 4.69) is 6.07 Å². The topological polar surface area (TPSA) is 74.6 Å². The first-order valence-electron chi connectivity index (χ1n) is 3.55. The van der Waals surface area contributed by atoms with Gasteiger partial charge in [-0.2, -0.15) is 24.3 Å². The van der Waals surface area contributed by atoms with Crippen molar-refractivity contribution in [2.24, 2.45) is 0 Å². The summed E-state index contributed by atoms with van der Waals surface area (Å²) in [5.41, 5.74) is 0.281. The zero-order valence-electron chi connectivity index (χ0n) is 7.06. The third-order valence-corrected chi connectivity index (χ3v) is 1.53. The minimum Gasteiger partial charge on any atom is -0.487 e. The molecule has 5 heteroatoms. The summed E-state index contributed by atoms with van der Waals surface area (Å²) in [6, 6.07) is 6.78. The summed E-state index contributed by atoms with van der Waals surface area (Å²) < 4.78 is 0. The van der Waals surface area contributed by atoms with Gasteiger partial charge >= 0.3 is 5.97 Å². The number of carbonyl (C=O) groups is 2. The maximum Gasteiger partial charge on any atom is 0.305 e. The quantitative estimate of drug-likeness (QED) is 0.780. The third kappa shape index (κ3) is 3.30. The molecular weight excluding hydrogens is 356 g/mol. The Hall–Kier alpha value is -1.15. The van der Waals surface area contributed by atoms with Crippen LogP contribution >= 0.6 is 0 Å². The van der Waals surface area contributed by atoms with Crippen LogP contribution < -0.4 is 0 Å². The van der Waals surface area contributed by atoms with E-state index in [0.717, 1.165) is 0 Å². The fourth-order valence-electron chi connectivity index (χ4n) is 0.979. The molecule has 14 heavy (non-hydrogen) atoms. The molecule has 0 fully saturated rings. The molecule has 0 heterocycles. The van der Waals surface area contributed by atoms with Crippen molar-refractivity contribution in [1.82, 2.24) is 0 Å². The predicted molar refractivity (Wildman–Crippen MR) is 43.6 cm³/mol. The molecule has 0 saturated heterocycles. The van der Waals surface area contributed by atoms with Gasteiger partial charge in [-0.3, -0.25) is 9.59 Å². The van der Waals surface area contributed by atoms with Crippen LogP contribution in [0.25, 0.3) is 0 Å². The van der Waals surface area contributed by atoms with Crippen molar-refractivity contribution in [2.75, 3.05) is 0 Å². The van der Waals surface area contributed by atoms with Gasteiger partial charge in [0.25, 0.3) is 5.97 Å². The van der Waals surface area contributed by atoms with E-state index in [0.29, 0.717) is 5.56 Å². The van der Waals surface area contributed by atoms with Gasteiger partial charge in [0.15, 0.2) is 0 Å². The number of carboxylic acids is 2. The molecule has 0 saturated carbocycles. The van der Waals surface area contributed by atoms with E-state index >= 15 is 0 Å². The first-order chi connectivity index (χ1) is 6.11. The molecule has 0 radical (unpaired) electrons. The molecule has 0 amide bonds. The van der Waals surface area contributed by atoms with E-state index in [1.54, 1.807) is 0 Å². The average molecular weight is 363 g/mol. The van der Waals surface area contributed by atoms with Crippen LogP contribution in [0.3, 0.4) is 0 Å². The molecule has 74 valence electrons. The zero-order chi connectivity index (χ0) is 9.84. The number of benzene rings is 1. The van der Waals surface area contributed by atoms with Crippen molar-refractivity contribution in [1.29, 1.82) is 0 Å². The summed E-state index contributed by atoms with van der Waals surface area (Å²) in [5, 5.41) is 17.1. The standard InChI is InChI=1S/C9H7O4.W/c10-8(11)5-6-3-1-2-4-7(6)9(12)13;/h1,3-4H,5H2,(H,10,11)(H,12,13);/q-1;. The van der Waals surface area contributed by atoms with Gasteiger partial charge in [-0.25, -0.2) is 0 Å². The minimum absolute atomic E-state index is 0. The van der Waals surface area contributed by atoms with Gasteiger partial charge in [-0.05, 0) is 5.56 Å². The van der Waals surface area contributed by atoms with E-state index in [1.807, 2.05) is 0 Å². The molecule has 0 aliphatic carbocycles. The second kappa shape index (κ2) is 5.55. The molecule has 0 aromatic heterocycles. The predicted octanol–water partition coefficient (Wildman–Crippen LogP) is 0.810. The SMILES string of the molecule is O=C(O)Cc1cc[c-]cc1C(=O)O.[W]. The molecule has 0 aliphatic rings. The summed E-state index contributed by atoms with van der Waals surface area (Å²) in [6.07, 6.45) is -0.281. The smallest absolute Gasteiger partial charge is 0.305 e. The second-order valence-corrected chi connectivity index (χ2v) is 2.46. The van der Waals surface area contributed by atoms with Crippen molar-refractivity contribution in [3.8, 4) is 0 Å². The molecule has 1 aromatic rings. The van der Waals surface area contributed by atoms with Crippen LogP contribution in [0.2, 0.25) is 0 Å². The van der Waals surface area contributed by atoms with Crippen molar-refractivity contribution in [3.63, 3.8) is 0 Å². The molecule has 4 nitrogen and oxygen atoms in total. The van der Waals surface area contributed by atoms with E-state index in [-0.39, 0.29) is 33.0 Å². The first-order valence-corrected chi connectivity index (χ1v) is 3.55. The molecular formula is C9H7O4W-. The second-order valence-electron chi connectivity index (χ2n) is 2.46. The number of rotatable bonds is 3. The van der Waals surface area contributed by atoms with Crippen molar-refractivity contribution in [3.05, 3.63) is 35.4 Å². The number of aliphatic carboxylic acids is 1. The van der Waals surface area contributed by atoms with Crippen molar-refractivity contribution >= 4 is 11.9 Å². The van der Waals surface area contributed by atoms with Crippen LogP contribution in [-0.4, -0.2) is 22.2 Å². The van der Waals surface area contributed by atoms with Crippen LogP contribution in [0, 0.1) is 6.07 Å². The van der Waals surface area contributed by atoms with E-state index < -0.39 is 11.9 Å². The van der Waals surface area contributed by atoms with Gasteiger partial charge in [0.1, 0.15) is 0 Å². The minimum atomic E-state index is -1.13. The van der Waals surface area contributed by atoms with Gasteiger partial charge in [-0.1, -0.05) is 0 Å². The van der Waals surface area contributed by atoms with Crippen molar-refractivity contribution < 1.29 is 40.9 Å². The van der Waals surface area contributed by atoms with Gasteiger partial charge in [0.05, 0.1) is 0 Å². The number of hydrogen-bond donors (Lipinski definition) is 2. The molecule has 1 rings (SSSR count). The van der Waals surface area contributed by atoms with Crippen LogP contribution in [0.1, 0.15) is 15.9 Å². The molecule has 0 atom stereocenters. The summed E-state index contributed by atoms with van der Waals surface area (Å²) in [7, 11) is 0. The molecule has 0 spiro atoms. The zero-order valence-corrected chi connectivity index (χ0v) is 9.99. The third-order valence-electron chi connectivity index (χ3n) is 1.53. The Balaban J connectivity index is 0.00000169. The number of carboxylic acid groups (broad SMARTS) is 2. The fourth-order valence-corrected chi connectivity index (χ4v) is 0.979. The molecule has 2 N–H and O–H groups in total. The molecule has 0 unspecified atom stereocenters.